The Morgan fingerprint density at radius 3 is 2.41 bits per heavy atom. The molecule has 0 radical (unpaired) electrons. The Bertz CT molecular complexity index is 459. The van der Waals surface area contributed by atoms with Crippen molar-refractivity contribution in [3.63, 3.8) is 0 Å². The van der Waals surface area contributed by atoms with E-state index in [1.807, 2.05) is 0 Å². The lowest BCUT2D eigenvalue weighted by Crippen LogP contribution is -2.37. The number of hydrogen-bond donors (Lipinski definition) is 1. The smallest absolute Gasteiger partial charge is 0.00755 e. The van der Waals surface area contributed by atoms with Gasteiger partial charge in [0.05, 0.1) is 0 Å². The molecular formula is C20H32N2. The van der Waals surface area contributed by atoms with Crippen LogP contribution in [0, 0.1) is 0 Å². The van der Waals surface area contributed by atoms with Gasteiger partial charge in [-0.05, 0) is 69.3 Å². The summed E-state index contributed by atoms with van der Waals surface area (Å²) in [4.78, 5) is 2.47. The summed E-state index contributed by atoms with van der Waals surface area (Å²) in [6.07, 6.45) is 10.6. The molecule has 2 N–H and O–H groups in total. The average molecular weight is 300 g/mol. The summed E-state index contributed by atoms with van der Waals surface area (Å²) >= 11 is 0. The van der Waals surface area contributed by atoms with Gasteiger partial charge in [0.2, 0.25) is 0 Å². The Balaban J connectivity index is 1.74. The summed E-state index contributed by atoms with van der Waals surface area (Å²) in [6.45, 7) is 3.30. The number of benzene rings is 1. The zero-order chi connectivity index (χ0) is 15.4. The van der Waals surface area contributed by atoms with Crippen LogP contribution < -0.4 is 5.73 Å². The molecule has 1 aromatic rings. The quantitative estimate of drug-likeness (QED) is 0.912. The molecule has 0 amide bonds. The first-order valence-corrected chi connectivity index (χ1v) is 9.23. The number of hydrogen-bond acceptors (Lipinski definition) is 2. The Morgan fingerprint density at radius 2 is 1.73 bits per heavy atom. The highest BCUT2D eigenvalue weighted by molar-refractivity contribution is 5.32. The molecular weight excluding hydrogens is 268 g/mol. The van der Waals surface area contributed by atoms with Crippen LogP contribution in [0.2, 0.25) is 0 Å². The van der Waals surface area contributed by atoms with Crippen LogP contribution in [-0.4, -0.2) is 31.6 Å². The van der Waals surface area contributed by atoms with Crippen LogP contribution in [0.1, 0.15) is 68.4 Å². The molecule has 2 fully saturated rings. The molecule has 122 valence electrons. The first-order chi connectivity index (χ1) is 10.7. The third kappa shape index (κ3) is 3.38. The molecule has 3 rings (SSSR count). The normalized spacial score (nSPS) is 26.5. The molecule has 0 aromatic heterocycles. The summed E-state index contributed by atoms with van der Waals surface area (Å²) in [6, 6.07) is 9.58. The molecule has 1 atom stereocenters. The summed E-state index contributed by atoms with van der Waals surface area (Å²) in [7, 11) is 2.25. The molecule has 22 heavy (non-hydrogen) atoms. The van der Waals surface area contributed by atoms with Crippen LogP contribution >= 0.6 is 0 Å². The lowest BCUT2D eigenvalue weighted by Gasteiger charge is -2.37. The fraction of sp³-hybridized carbons (Fsp3) is 0.700. The Labute approximate surface area is 136 Å². The van der Waals surface area contributed by atoms with Gasteiger partial charge < -0.3 is 10.6 Å². The number of rotatable bonds is 3. The predicted molar refractivity (Wildman–Crippen MR) is 94.3 cm³/mol. The van der Waals surface area contributed by atoms with Gasteiger partial charge in [0, 0.05) is 12.0 Å². The minimum atomic E-state index is 0.264. The van der Waals surface area contributed by atoms with Crippen molar-refractivity contribution in [2.24, 2.45) is 5.73 Å². The van der Waals surface area contributed by atoms with Crippen LogP contribution in [0.5, 0.6) is 0 Å². The summed E-state index contributed by atoms with van der Waals surface area (Å²) in [5.41, 5.74) is 9.48. The standard InChI is InChI=1S/C20H32N2/c1-22-14-5-6-17(11-15-22)18-7-9-19(10-8-18)20(16-21)12-3-2-4-13-20/h7-10,17H,2-6,11-16,21H2,1H3. The van der Waals surface area contributed by atoms with Gasteiger partial charge in [-0.3, -0.25) is 0 Å². The van der Waals surface area contributed by atoms with E-state index in [-0.39, 0.29) is 5.41 Å². The lowest BCUT2D eigenvalue weighted by atomic mass is 9.69. The Kier molecular flexibility index (Phi) is 5.20. The van der Waals surface area contributed by atoms with E-state index in [0.29, 0.717) is 0 Å². The molecule has 2 heteroatoms. The Hall–Kier alpha value is -0.860. The number of nitrogens with two attached hydrogens (primary N) is 1. The first kappa shape index (κ1) is 16.0. The monoisotopic (exact) mass is 300 g/mol. The van der Waals surface area contributed by atoms with E-state index in [0.717, 1.165) is 12.5 Å². The van der Waals surface area contributed by atoms with Crippen LogP contribution in [0.25, 0.3) is 0 Å². The third-order valence-corrected chi connectivity index (χ3v) is 6.15. The van der Waals surface area contributed by atoms with Crippen LogP contribution in [0.3, 0.4) is 0 Å². The minimum Gasteiger partial charge on any atom is -0.330 e. The maximum Gasteiger partial charge on any atom is 0.00755 e. The topological polar surface area (TPSA) is 29.3 Å². The fourth-order valence-electron chi connectivity index (χ4n) is 4.52. The molecule has 1 saturated heterocycles. The van der Waals surface area contributed by atoms with Crippen molar-refractivity contribution in [3.05, 3.63) is 35.4 Å². The number of likely N-dealkylation sites (tertiary alicyclic amines) is 1. The van der Waals surface area contributed by atoms with Crippen LogP contribution in [0.15, 0.2) is 24.3 Å². The van der Waals surface area contributed by atoms with Gasteiger partial charge in [0.15, 0.2) is 0 Å². The minimum absolute atomic E-state index is 0.264. The van der Waals surface area contributed by atoms with E-state index >= 15 is 0 Å². The van der Waals surface area contributed by atoms with Crippen molar-refractivity contribution in [1.82, 2.24) is 4.90 Å². The largest absolute Gasteiger partial charge is 0.330 e. The Morgan fingerprint density at radius 1 is 1.00 bits per heavy atom. The van der Waals surface area contributed by atoms with E-state index in [2.05, 4.69) is 36.2 Å². The van der Waals surface area contributed by atoms with Crippen molar-refractivity contribution < 1.29 is 0 Å². The molecule has 1 saturated carbocycles. The van der Waals surface area contributed by atoms with E-state index in [4.69, 9.17) is 5.73 Å². The van der Waals surface area contributed by atoms with Gasteiger partial charge in [-0.25, -0.2) is 0 Å². The first-order valence-electron chi connectivity index (χ1n) is 9.23. The van der Waals surface area contributed by atoms with Crippen molar-refractivity contribution in [2.75, 3.05) is 26.7 Å². The zero-order valence-electron chi connectivity index (χ0n) is 14.2. The summed E-state index contributed by atoms with van der Waals surface area (Å²) < 4.78 is 0. The van der Waals surface area contributed by atoms with E-state index in [9.17, 15) is 0 Å². The van der Waals surface area contributed by atoms with Crippen LogP contribution in [-0.2, 0) is 5.41 Å². The number of nitrogens with zero attached hydrogens (tertiary/aromatic N) is 1. The van der Waals surface area contributed by atoms with Gasteiger partial charge in [0.25, 0.3) is 0 Å². The van der Waals surface area contributed by atoms with E-state index < -0.39 is 0 Å². The molecule has 1 heterocycles. The SMILES string of the molecule is CN1CCCC(c2ccc(C3(CN)CCCCC3)cc2)CC1. The van der Waals surface area contributed by atoms with Gasteiger partial charge in [-0.1, -0.05) is 43.5 Å². The van der Waals surface area contributed by atoms with Crippen molar-refractivity contribution in [3.8, 4) is 0 Å². The summed E-state index contributed by atoms with van der Waals surface area (Å²) in [5.74, 6) is 0.749. The van der Waals surface area contributed by atoms with E-state index in [1.54, 1.807) is 5.56 Å². The predicted octanol–water partition coefficient (Wildman–Crippen LogP) is 4.05. The molecule has 0 spiro atoms. The average Bonchev–Trinajstić information content (AvgIpc) is 2.80. The molecule has 0 bridgehead atoms. The lowest BCUT2D eigenvalue weighted by molar-refractivity contribution is 0.300. The van der Waals surface area contributed by atoms with Gasteiger partial charge in [-0.15, -0.1) is 0 Å². The molecule has 1 unspecified atom stereocenters. The second-order valence-electron chi connectivity index (χ2n) is 7.60. The second-order valence-corrected chi connectivity index (χ2v) is 7.60. The molecule has 1 aliphatic carbocycles. The fourth-order valence-corrected chi connectivity index (χ4v) is 4.52. The van der Waals surface area contributed by atoms with Gasteiger partial charge in [0.1, 0.15) is 0 Å². The highest BCUT2D eigenvalue weighted by Crippen LogP contribution is 2.39. The van der Waals surface area contributed by atoms with Crippen molar-refractivity contribution >= 4 is 0 Å². The van der Waals surface area contributed by atoms with Crippen molar-refractivity contribution in [2.45, 2.75) is 62.7 Å². The molecule has 2 aliphatic rings. The van der Waals surface area contributed by atoms with Gasteiger partial charge in [-0.2, -0.15) is 0 Å². The third-order valence-electron chi connectivity index (χ3n) is 6.15. The molecule has 2 nitrogen and oxygen atoms in total. The van der Waals surface area contributed by atoms with E-state index in [1.165, 1.54) is 70.0 Å². The molecule has 1 aromatic carbocycles. The van der Waals surface area contributed by atoms with Gasteiger partial charge >= 0.3 is 0 Å². The van der Waals surface area contributed by atoms with Crippen molar-refractivity contribution in [1.29, 1.82) is 0 Å². The molecule has 1 aliphatic heterocycles. The maximum absolute atomic E-state index is 6.18. The van der Waals surface area contributed by atoms with Crippen LogP contribution in [0.4, 0.5) is 0 Å². The second kappa shape index (κ2) is 7.14. The highest BCUT2D eigenvalue weighted by atomic mass is 15.1. The highest BCUT2D eigenvalue weighted by Gasteiger charge is 2.32. The maximum atomic E-state index is 6.18. The zero-order valence-corrected chi connectivity index (χ0v) is 14.2. The summed E-state index contributed by atoms with van der Waals surface area (Å²) in [5, 5.41) is 0.